The molecule has 1 saturated carbocycles. The first kappa shape index (κ1) is 21.8. The van der Waals surface area contributed by atoms with E-state index < -0.39 is 10.6 Å². The van der Waals surface area contributed by atoms with Gasteiger partial charge in [0.15, 0.2) is 11.6 Å². The largest absolute Gasteiger partial charge is 0.330 e. The summed E-state index contributed by atoms with van der Waals surface area (Å²) in [5.74, 6) is 1.21. The van der Waals surface area contributed by atoms with Gasteiger partial charge in [-0.3, -0.25) is 15.8 Å². The monoisotopic (exact) mass is 440 g/mol. The third-order valence-corrected chi connectivity index (χ3v) is 6.03. The molecule has 1 aliphatic heterocycles. The minimum absolute atomic E-state index is 0.0943. The number of nitrogens with zero attached hydrogens (tertiary/aromatic N) is 2. The Morgan fingerprint density at radius 3 is 2.38 bits per heavy atom. The average Bonchev–Trinajstić information content (AvgIpc) is 2.65. The summed E-state index contributed by atoms with van der Waals surface area (Å²) in [6.07, 6.45) is 5.78. The number of nitrogens with one attached hydrogen (secondary N) is 2. The first-order chi connectivity index (χ1) is 13.8. The Bertz CT molecular complexity index is 803. The number of hydrogen-bond acceptors (Lipinski definition) is 5. The molecule has 0 aromatic heterocycles. The molecule has 6 N–H and O–H groups in total. The van der Waals surface area contributed by atoms with Gasteiger partial charge in [-0.15, -0.1) is 0 Å². The number of aliphatic imine (C=N–C) groups is 1. The summed E-state index contributed by atoms with van der Waals surface area (Å²) < 4.78 is 0. The van der Waals surface area contributed by atoms with Crippen LogP contribution in [0.3, 0.4) is 0 Å². The smallest absolute Gasteiger partial charge is 0.301 e. The van der Waals surface area contributed by atoms with Gasteiger partial charge in [-0.1, -0.05) is 23.2 Å². The van der Waals surface area contributed by atoms with Crippen LogP contribution in [0.25, 0.3) is 0 Å². The fraction of sp³-hybridized carbons (Fsp3) is 0.526. The van der Waals surface area contributed by atoms with Gasteiger partial charge in [0.1, 0.15) is 0 Å². The van der Waals surface area contributed by atoms with Crippen molar-refractivity contribution < 1.29 is 4.92 Å². The summed E-state index contributed by atoms with van der Waals surface area (Å²) in [6, 6.07) is 5.18. The van der Waals surface area contributed by atoms with Crippen LogP contribution < -0.4 is 22.1 Å². The molecule has 158 valence electrons. The van der Waals surface area contributed by atoms with Crippen molar-refractivity contribution in [2.45, 2.75) is 44.3 Å². The SMILES string of the molecule is NCC1CCC(CC2(N)NC(=NCc3cc(Cl)cc(Cl)c3)NC=C2[N+](=O)[O-])CC1. The van der Waals surface area contributed by atoms with Gasteiger partial charge in [-0.05, 0) is 74.2 Å². The number of halogens is 2. The molecular formula is C19H26Cl2N6O2. The molecule has 1 heterocycles. The Hall–Kier alpha value is -1.87. The third kappa shape index (κ3) is 5.60. The fourth-order valence-corrected chi connectivity index (χ4v) is 4.60. The van der Waals surface area contributed by atoms with Crippen LogP contribution in [-0.4, -0.2) is 23.1 Å². The Kier molecular flexibility index (Phi) is 7.00. The first-order valence-electron chi connectivity index (χ1n) is 9.67. The molecule has 1 unspecified atom stereocenters. The standard InChI is InChI=1S/C19H26Cl2N6O2/c20-15-5-14(6-16(21)7-15)10-24-18-25-11-17(27(28)29)19(23,26-18)8-12-1-3-13(9-22)4-2-12/h5-7,11-13H,1-4,8-10,22-23H2,(H2,24,25,26). The van der Waals surface area contributed by atoms with Crippen molar-refractivity contribution in [3.05, 3.63) is 55.8 Å². The summed E-state index contributed by atoms with van der Waals surface area (Å²) in [6.45, 7) is 0.988. The maximum Gasteiger partial charge on any atom is 0.301 e. The highest BCUT2D eigenvalue weighted by atomic mass is 35.5. The van der Waals surface area contributed by atoms with Gasteiger partial charge in [0, 0.05) is 10.0 Å². The minimum atomic E-state index is -1.29. The lowest BCUT2D eigenvalue weighted by molar-refractivity contribution is -0.437. The fourth-order valence-electron chi connectivity index (χ4n) is 4.03. The van der Waals surface area contributed by atoms with Gasteiger partial charge in [0.05, 0.1) is 17.7 Å². The predicted octanol–water partition coefficient (Wildman–Crippen LogP) is 2.97. The molecule has 0 bridgehead atoms. The van der Waals surface area contributed by atoms with Crippen LogP contribution in [0.5, 0.6) is 0 Å². The zero-order chi connectivity index (χ0) is 21.0. The van der Waals surface area contributed by atoms with Crippen LogP contribution in [0.2, 0.25) is 10.0 Å². The van der Waals surface area contributed by atoms with E-state index in [1.165, 1.54) is 6.20 Å². The lowest BCUT2D eigenvalue weighted by Crippen LogP contribution is -2.64. The van der Waals surface area contributed by atoms with Gasteiger partial charge in [0.25, 0.3) is 0 Å². The molecule has 2 aliphatic rings. The van der Waals surface area contributed by atoms with Crippen molar-refractivity contribution in [1.82, 2.24) is 10.6 Å². The Morgan fingerprint density at radius 1 is 1.17 bits per heavy atom. The topological polar surface area (TPSA) is 132 Å². The maximum atomic E-state index is 11.6. The lowest BCUT2D eigenvalue weighted by atomic mass is 9.77. The van der Waals surface area contributed by atoms with Crippen LogP contribution in [0.1, 0.15) is 37.7 Å². The Morgan fingerprint density at radius 2 is 1.79 bits per heavy atom. The molecule has 0 saturated heterocycles. The number of nitrogens with two attached hydrogens (primary N) is 2. The first-order valence-corrected chi connectivity index (χ1v) is 10.4. The van der Waals surface area contributed by atoms with E-state index in [9.17, 15) is 10.1 Å². The molecule has 29 heavy (non-hydrogen) atoms. The average molecular weight is 441 g/mol. The predicted molar refractivity (Wildman–Crippen MR) is 115 cm³/mol. The lowest BCUT2D eigenvalue weighted by Gasteiger charge is -2.37. The minimum Gasteiger partial charge on any atom is -0.330 e. The van der Waals surface area contributed by atoms with Gasteiger partial charge >= 0.3 is 5.70 Å². The van der Waals surface area contributed by atoms with Crippen molar-refractivity contribution in [1.29, 1.82) is 0 Å². The van der Waals surface area contributed by atoms with Crippen molar-refractivity contribution >= 4 is 29.2 Å². The molecule has 0 amide bonds. The van der Waals surface area contributed by atoms with E-state index in [-0.39, 0.29) is 5.70 Å². The zero-order valence-corrected chi connectivity index (χ0v) is 17.5. The molecule has 0 spiro atoms. The number of benzene rings is 1. The van der Waals surface area contributed by atoms with E-state index in [1.54, 1.807) is 18.2 Å². The summed E-state index contributed by atoms with van der Waals surface area (Å²) in [5.41, 5.74) is 11.7. The van der Waals surface area contributed by atoms with E-state index >= 15 is 0 Å². The molecular weight excluding hydrogens is 415 g/mol. The summed E-state index contributed by atoms with van der Waals surface area (Å²) in [5, 5.41) is 18.5. The van der Waals surface area contributed by atoms with Crippen molar-refractivity contribution in [2.75, 3.05) is 6.54 Å². The molecule has 10 heteroatoms. The molecule has 8 nitrogen and oxygen atoms in total. The van der Waals surface area contributed by atoms with Crippen LogP contribution in [0.15, 0.2) is 35.1 Å². The highest BCUT2D eigenvalue weighted by Gasteiger charge is 2.44. The Labute approximate surface area is 179 Å². The van der Waals surface area contributed by atoms with E-state index in [0.717, 1.165) is 31.2 Å². The number of rotatable bonds is 6. The second kappa shape index (κ2) is 9.30. The third-order valence-electron chi connectivity index (χ3n) is 5.59. The van der Waals surface area contributed by atoms with Gasteiger partial charge in [-0.25, -0.2) is 4.99 Å². The molecule has 1 atom stereocenters. The number of nitro groups is 1. The summed E-state index contributed by atoms with van der Waals surface area (Å²) in [4.78, 5) is 15.6. The van der Waals surface area contributed by atoms with Gasteiger partial charge < -0.3 is 16.4 Å². The maximum absolute atomic E-state index is 11.6. The van der Waals surface area contributed by atoms with Gasteiger partial charge in [-0.2, -0.15) is 0 Å². The summed E-state index contributed by atoms with van der Waals surface area (Å²) >= 11 is 12.0. The van der Waals surface area contributed by atoms with Crippen LogP contribution in [0.4, 0.5) is 0 Å². The Balaban J connectivity index is 1.73. The second-order valence-corrected chi connectivity index (χ2v) is 8.67. The number of guanidine groups is 1. The van der Waals surface area contributed by atoms with Crippen LogP contribution in [-0.2, 0) is 6.54 Å². The highest BCUT2D eigenvalue weighted by Crippen LogP contribution is 2.34. The second-order valence-electron chi connectivity index (χ2n) is 7.80. The van der Waals surface area contributed by atoms with E-state index in [1.807, 2.05) is 0 Å². The van der Waals surface area contributed by atoms with Crippen molar-refractivity contribution in [3.63, 3.8) is 0 Å². The van der Waals surface area contributed by atoms with E-state index in [2.05, 4.69) is 15.6 Å². The zero-order valence-electron chi connectivity index (χ0n) is 16.0. The highest BCUT2D eigenvalue weighted by molar-refractivity contribution is 6.34. The molecule has 1 aromatic carbocycles. The molecule has 3 rings (SSSR count). The molecule has 0 radical (unpaired) electrons. The molecule has 1 aliphatic carbocycles. The molecule has 1 fully saturated rings. The molecule has 1 aromatic rings. The quantitative estimate of drug-likeness (QED) is 0.397. The van der Waals surface area contributed by atoms with Crippen molar-refractivity contribution in [2.24, 2.45) is 28.3 Å². The van der Waals surface area contributed by atoms with Gasteiger partial charge in [0.2, 0.25) is 0 Å². The van der Waals surface area contributed by atoms with Crippen molar-refractivity contribution in [3.8, 4) is 0 Å². The van der Waals surface area contributed by atoms with Crippen LogP contribution in [0, 0.1) is 22.0 Å². The van der Waals surface area contributed by atoms with E-state index in [4.69, 9.17) is 34.7 Å². The van der Waals surface area contributed by atoms with E-state index in [0.29, 0.717) is 47.4 Å². The van der Waals surface area contributed by atoms with Crippen LogP contribution >= 0.6 is 23.2 Å². The summed E-state index contributed by atoms with van der Waals surface area (Å²) in [7, 11) is 0. The number of hydrogen-bond donors (Lipinski definition) is 4. The normalized spacial score (nSPS) is 28.4.